The topological polar surface area (TPSA) is 79.4 Å². The fraction of sp³-hybridized carbons (Fsp3) is 0.444. The van der Waals surface area contributed by atoms with Crippen molar-refractivity contribution in [3.05, 3.63) is 46.5 Å². The van der Waals surface area contributed by atoms with Crippen LogP contribution in [0.15, 0.2) is 30.5 Å². The fourth-order valence-corrected chi connectivity index (χ4v) is 5.08. The number of aryl methyl sites for hydroxylation is 1. The number of piperidine rings is 1. The first kappa shape index (κ1) is 19.0. The number of carbonyl (C=O) groups is 1. The Bertz CT molecular complexity index is 875. The fourth-order valence-electron chi connectivity index (χ4n) is 3.11. The zero-order valence-electron chi connectivity index (χ0n) is 14.9. The van der Waals surface area contributed by atoms with E-state index in [-0.39, 0.29) is 5.91 Å². The van der Waals surface area contributed by atoms with E-state index in [0.717, 1.165) is 30.4 Å². The highest BCUT2D eigenvalue weighted by molar-refractivity contribution is 7.88. The number of benzene rings is 1. The van der Waals surface area contributed by atoms with Crippen LogP contribution in [-0.2, 0) is 21.2 Å². The second kappa shape index (κ2) is 7.85. The van der Waals surface area contributed by atoms with Crippen LogP contribution in [-0.4, -0.2) is 42.5 Å². The van der Waals surface area contributed by atoms with E-state index >= 15 is 0 Å². The zero-order chi connectivity index (χ0) is 18.7. The first-order valence-corrected chi connectivity index (χ1v) is 11.3. The molecule has 0 radical (unpaired) electrons. The Hall–Kier alpha value is -1.77. The van der Waals surface area contributed by atoms with Gasteiger partial charge < -0.3 is 5.32 Å². The molecule has 26 heavy (non-hydrogen) atoms. The molecule has 0 aliphatic carbocycles. The van der Waals surface area contributed by atoms with Gasteiger partial charge in [-0.15, -0.1) is 11.3 Å². The van der Waals surface area contributed by atoms with Gasteiger partial charge in [0, 0.05) is 24.0 Å². The van der Waals surface area contributed by atoms with Crippen LogP contribution in [0.4, 0.5) is 5.13 Å². The van der Waals surface area contributed by atoms with Crippen LogP contribution >= 0.6 is 11.3 Å². The maximum absolute atomic E-state index is 12.6. The first-order chi connectivity index (χ1) is 12.3. The highest BCUT2D eigenvalue weighted by atomic mass is 32.2. The number of sulfonamides is 1. The summed E-state index contributed by atoms with van der Waals surface area (Å²) in [5, 5.41) is 3.30. The molecule has 8 heteroatoms. The molecule has 1 atom stereocenters. The predicted octanol–water partition coefficient (Wildman–Crippen LogP) is 2.79. The summed E-state index contributed by atoms with van der Waals surface area (Å²) in [7, 11) is -3.40. The molecule has 1 aromatic carbocycles. The van der Waals surface area contributed by atoms with Gasteiger partial charge in [0.1, 0.15) is 6.04 Å². The van der Waals surface area contributed by atoms with Crippen molar-refractivity contribution < 1.29 is 13.2 Å². The van der Waals surface area contributed by atoms with Crippen molar-refractivity contribution in [2.75, 3.05) is 18.1 Å². The van der Waals surface area contributed by atoms with Crippen molar-refractivity contribution in [1.82, 2.24) is 9.29 Å². The maximum atomic E-state index is 12.6. The molecule has 6 nitrogen and oxygen atoms in total. The van der Waals surface area contributed by atoms with E-state index in [9.17, 15) is 13.2 Å². The Morgan fingerprint density at radius 3 is 2.73 bits per heavy atom. The van der Waals surface area contributed by atoms with Gasteiger partial charge in [0.05, 0.1) is 6.26 Å². The molecule has 0 bridgehead atoms. The van der Waals surface area contributed by atoms with E-state index in [1.54, 1.807) is 6.20 Å². The van der Waals surface area contributed by atoms with Gasteiger partial charge in [-0.1, -0.05) is 36.2 Å². The largest absolute Gasteiger partial charge is 0.301 e. The van der Waals surface area contributed by atoms with Crippen molar-refractivity contribution in [1.29, 1.82) is 0 Å². The molecular formula is C18H23N3O3S2. The second-order valence-electron chi connectivity index (χ2n) is 6.67. The second-order valence-corrected chi connectivity index (χ2v) is 9.72. The highest BCUT2D eigenvalue weighted by Gasteiger charge is 2.34. The third-order valence-corrected chi connectivity index (χ3v) is 6.67. The van der Waals surface area contributed by atoms with Crippen LogP contribution in [0.3, 0.4) is 0 Å². The van der Waals surface area contributed by atoms with E-state index < -0.39 is 16.1 Å². The highest BCUT2D eigenvalue weighted by Crippen LogP contribution is 2.24. The Balaban J connectivity index is 1.66. The van der Waals surface area contributed by atoms with Crippen molar-refractivity contribution in [3.8, 4) is 0 Å². The molecule has 0 spiro atoms. The SMILES string of the molecule is Cc1ccc(Cc2cnc(NC(=O)C3CCCCN3S(C)(=O)=O)s2)cc1. The molecule has 1 amide bonds. The zero-order valence-corrected chi connectivity index (χ0v) is 16.6. The molecule has 1 N–H and O–H groups in total. The Morgan fingerprint density at radius 2 is 2.04 bits per heavy atom. The Kier molecular flexibility index (Phi) is 5.74. The number of hydrogen-bond donors (Lipinski definition) is 1. The van der Waals surface area contributed by atoms with Gasteiger partial charge in [-0.05, 0) is 25.3 Å². The van der Waals surface area contributed by atoms with Gasteiger partial charge in [0.15, 0.2) is 5.13 Å². The standard InChI is InChI=1S/C18H23N3O3S2/c1-13-6-8-14(9-7-13)11-15-12-19-18(25-15)20-17(22)16-5-3-4-10-21(16)26(2,23)24/h6-9,12,16H,3-5,10-11H2,1-2H3,(H,19,20,22). The number of aromatic nitrogens is 1. The molecular weight excluding hydrogens is 370 g/mol. The quantitative estimate of drug-likeness (QED) is 0.847. The molecule has 1 unspecified atom stereocenters. The number of nitrogens with one attached hydrogen (secondary N) is 1. The molecule has 1 saturated heterocycles. The van der Waals surface area contributed by atoms with Crippen LogP contribution in [0.2, 0.25) is 0 Å². The lowest BCUT2D eigenvalue weighted by molar-refractivity contribution is -0.120. The maximum Gasteiger partial charge on any atom is 0.244 e. The molecule has 2 aromatic rings. The predicted molar refractivity (Wildman–Crippen MR) is 104 cm³/mol. The summed E-state index contributed by atoms with van der Waals surface area (Å²) >= 11 is 1.42. The summed E-state index contributed by atoms with van der Waals surface area (Å²) in [6, 6.07) is 7.66. The lowest BCUT2D eigenvalue weighted by Gasteiger charge is -2.32. The summed E-state index contributed by atoms with van der Waals surface area (Å²) in [4.78, 5) is 17.9. The van der Waals surface area contributed by atoms with Gasteiger partial charge >= 0.3 is 0 Å². The van der Waals surface area contributed by atoms with Crippen molar-refractivity contribution in [2.24, 2.45) is 0 Å². The number of anilines is 1. The minimum absolute atomic E-state index is 0.300. The third kappa shape index (κ3) is 4.69. The van der Waals surface area contributed by atoms with Crippen LogP contribution in [0.25, 0.3) is 0 Å². The van der Waals surface area contributed by atoms with E-state index in [1.807, 2.05) is 0 Å². The van der Waals surface area contributed by atoms with E-state index in [4.69, 9.17) is 0 Å². The average molecular weight is 394 g/mol. The van der Waals surface area contributed by atoms with Crippen molar-refractivity contribution in [2.45, 2.75) is 38.6 Å². The molecule has 2 heterocycles. The normalized spacial score (nSPS) is 18.6. The Labute approximate surface area is 158 Å². The number of thiazole rings is 1. The summed E-state index contributed by atoms with van der Waals surface area (Å²) in [6.45, 7) is 2.45. The summed E-state index contributed by atoms with van der Waals surface area (Å²) in [5.74, 6) is -0.300. The number of nitrogens with zero attached hydrogens (tertiary/aromatic N) is 2. The minimum Gasteiger partial charge on any atom is -0.301 e. The monoisotopic (exact) mass is 393 g/mol. The van der Waals surface area contributed by atoms with Crippen molar-refractivity contribution in [3.63, 3.8) is 0 Å². The number of amides is 1. The van der Waals surface area contributed by atoms with Crippen LogP contribution in [0, 0.1) is 6.92 Å². The van der Waals surface area contributed by atoms with E-state index in [0.29, 0.717) is 18.1 Å². The molecule has 1 aliphatic rings. The summed E-state index contributed by atoms with van der Waals surface area (Å²) < 4.78 is 25.1. The van der Waals surface area contributed by atoms with E-state index in [2.05, 4.69) is 41.5 Å². The lowest BCUT2D eigenvalue weighted by Crippen LogP contribution is -2.49. The minimum atomic E-state index is -3.40. The average Bonchev–Trinajstić information content (AvgIpc) is 3.03. The summed E-state index contributed by atoms with van der Waals surface area (Å²) in [5.41, 5.74) is 2.40. The molecule has 0 saturated carbocycles. The number of carbonyl (C=O) groups excluding carboxylic acids is 1. The molecule has 3 rings (SSSR count). The smallest absolute Gasteiger partial charge is 0.244 e. The molecule has 1 aliphatic heterocycles. The number of hydrogen-bond acceptors (Lipinski definition) is 5. The van der Waals surface area contributed by atoms with Crippen LogP contribution in [0.5, 0.6) is 0 Å². The van der Waals surface area contributed by atoms with Crippen LogP contribution < -0.4 is 5.32 Å². The Morgan fingerprint density at radius 1 is 1.31 bits per heavy atom. The van der Waals surface area contributed by atoms with Gasteiger partial charge in [0.25, 0.3) is 0 Å². The lowest BCUT2D eigenvalue weighted by atomic mass is 10.0. The van der Waals surface area contributed by atoms with Crippen molar-refractivity contribution >= 4 is 32.4 Å². The number of rotatable bonds is 5. The van der Waals surface area contributed by atoms with Gasteiger partial charge in [-0.25, -0.2) is 13.4 Å². The molecule has 1 fully saturated rings. The molecule has 1 aromatic heterocycles. The summed E-state index contributed by atoms with van der Waals surface area (Å²) in [6.07, 6.45) is 5.85. The first-order valence-electron chi connectivity index (χ1n) is 8.61. The van der Waals surface area contributed by atoms with Gasteiger partial charge in [-0.2, -0.15) is 4.31 Å². The van der Waals surface area contributed by atoms with E-state index in [1.165, 1.54) is 26.8 Å². The van der Waals surface area contributed by atoms with Gasteiger partial charge in [0.2, 0.25) is 15.9 Å². The van der Waals surface area contributed by atoms with Gasteiger partial charge in [-0.3, -0.25) is 4.79 Å². The third-order valence-electron chi connectivity index (χ3n) is 4.46. The van der Waals surface area contributed by atoms with Crippen LogP contribution in [0.1, 0.15) is 35.3 Å². The molecule has 140 valence electrons.